The number of hydrogen-bond acceptors (Lipinski definition) is 2. The molecule has 0 amide bonds. The van der Waals surface area contributed by atoms with Gasteiger partial charge in [-0.2, -0.15) is 0 Å². The first-order chi connectivity index (χ1) is 7.36. The lowest BCUT2D eigenvalue weighted by atomic mass is 9.82. The minimum atomic E-state index is 0.205. The highest BCUT2D eigenvalue weighted by Crippen LogP contribution is 2.35. The fourth-order valence-corrected chi connectivity index (χ4v) is 2.11. The molecule has 0 aliphatic carbocycles. The van der Waals surface area contributed by atoms with Gasteiger partial charge in [0.2, 0.25) is 0 Å². The van der Waals surface area contributed by atoms with Crippen LogP contribution in [0.4, 0.5) is 0 Å². The van der Waals surface area contributed by atoms with Crippen molar-refractivity contribution in [3.8, 4) is 0 Å². The minimum Gasteiger partial charge on any atom is -0.466 e. The third-order valence-electron chi connectivity index (χ3n) is 2.85. The Morgan fingerprint density at radius 1 is 1.31 bits per heavy atom. The van der Waals surface area contributed by atoms with Gasteiger partial charge in [-0.3, -0.25) is 0 Å². The molecule has 0 fully saturated rings. The lowest BCUT2D eigenvalue weighted by molar-refractivity contribution is 0.270. The minimum absolute atomic E-state index is 0.205. The summed E-state index contributed by atoms with van der Waals surface area (Å²) in [5, 5.41) is 3.62. The van der Waals surface area contributed by atoms with Crippen molar-refractivity contribution < 1.29 is 4.42 Å². The molecule has 0 saturated carbocycles. The molecule has 1 unspecified atom stereocenters. The number of rotatable bonds is 4. The predicted molar refractivity (Wildman–Crippen MR) is 68.7 cm³/mol. The fraction of sp³-hybridized carbons (Fsp3) is 0.714. The van der Waals surface area contributed by atoms with E-state index >= 15 is 0 Å². The van der Waals surface area contributed by atoms with Gasteiger partial charge in [-0.05, 0) is 38.3 Å². The number of nitrogens with one attached hydrogen (secondary N) is 1. The van der Waals surface area contributed by atoms with E-state index in [9.17, 15) is 0 Å². The van der Waals surface area contributed by atoms with Gasteiger partial charge in [-0.25, -0.2) is 0 Å². The zero-order valence-corrected chi connectivity index (χ0v) is 11.5. The van der Waals surface area contributed by atoms with Gasteiger partial charge in [-0.1, -0.05) is 27.7 Å². The maximum absolute atomic E-state index is 5.63. The van der Waals surface area contributed by atoms with E-state index in [-0.39, 0.29) is 5.41 Å². The molecule has 0 bridgehead atoms. The molecule has 16 heavy (non-hydrogen) atoms. The Morgan fingerprint density at radius 3 is 2.31 bits per heavy atom. The van der Waals surface area contributed by atoms with E-state index in [2.05, 4.69) is 46.0 Å². The van der Waals surface area contributed by atoms with Gasteiger partial charge in [0, 0.05) is 11.6 Å². The molecular weight excluding hydrogens is 198 g/mol. The van der Waals surface area contributed by atoms with Crippen molar-refractivity contribution in [3.63, 3.8) is 0 Å². The van der Waals surface area contributed by atoms with E-state index in [0.29, 0.717) is 6.04 Å². The Kier molecular flexibility index (Phi) is 4.20. The van der Waals surface area contributed by atoms with Gasteiger partial charge in [0.15, 0.2) is 0 Å². The molecule has 1 N–H and O–H groups in total. The molecule has 1 aromatic heterocycles. The molecule has 1 heterocycles. The summed E-state index contributed by atoms with van der Waals surface area (Å²) in [5.41, 5.74) is 1.51. The van der Waals surface area contributed by atoms with Crippen molar-refractivity contribution in [2.45, 2.75) is 54.0 Å². The monoisotopic (exact) mass is 223 g/mol. The van der Waals surface area contributed by atoms with Gasteiger partial charge in [0.25, 0.3) is 0 Å². The fourth-order valence-electron chi connectivity index (χ4n) is 2.11. The lowest BCUT2D eigenvalue weighted by Gasteiger charge is -2.31. The van der Waals surface area contributed by atoms with Crippen molar-refractivity contribution in [3.05, 3.63) is 23.2 Å². The Labute approximate surface area is 99.4 Å². The van der Waals surface area contributed by atoms with Gasteiger partial charge in [0.05, 0.1) is 0 Å². The smallest absolute Gasteiger partial charge is 0.105 e. The average molecular weight is 223 g/mol. The normalized spacial score (nSPS) is 14.1. The maximum atomic E-state index is 5.63. The van der Waals surface area contributed by atoms with Crippen LogP contribution in [-0.2, 0) is 0 Å². The van der Waals surface area contributed by atoms with Crippen molar-refractivity contribution >= 4 is 0 Å². The topological polar surface area (TPSA) is 25.2 Å². The standard InChI is InChI=1S/C14H25NO/c1-7-8-15-13(14(4,5)6)12-9-10(2)16-11(12)3/h9,13,15H,7-8H2,1-6H3. The summed E-state index contributed by atoms with van der Waals surface area (Å²) < 4.78 is 5.63. The van der Waals surface area contributed by atoms with Crippen LogP contribution >= 0.6 is 0 Å². The van der Waals surface area contributed by atoms with Gasteiger partial charge in [0.1, 0.15) is 11.5 Å². The van der Waals surface area contributed by atoms with E-state index in [1.54, 1.807) is 0 Å². The molecule has 1 atom stereocenters. The molecule has 0 radical (unpaired) electrons. The van der Waals surface area contributed by atoms with Crippen LogP contribution in [0, 0.1) is 19.3 Å². The first kappa shape index (κ1) is 13.3. The number of hydrogen-bond donors (Lipinski definition) is 1. The molecule has 0 spiro atoms. The summed E-state index contributed by atoms with van der Waals surface area (Å²) >= 11 is 0. The zero-order valence-electron chi connectivity index (χ0n) is 11.5. The average Bonchev–Trinajstić information content (AvgIpc) is 2.44. The predicted octanol–water partition coefficient (Wildman–Crippen LogP) is 3.98. The van der Waals surface area contributed by atoms with Crippen molar-refractivity contribution in [1.29, 1.82) is 0 Å². The van der Waals surface area contributed by atoms with Crippen LogP contribution in [0.15, 0.2) is 10.5 Å². The number of aryl methyl sites for hydroxylation is 2. The lowest BCUT2D eigenvalue weighted by Crippen LogP contribution is -2.33. The second kappa shape index (κ2) is 5.05. The largest absolute Gasteiger partial charge is 0.466 e. The Morgan fingerprint density at radius 2 is 1.94 bits per heavy atom. The van der Waals surface area contributed by atoms with Crippen LogP contribution in [0.2, 0.25) is 0 Å². The molecule has 0 saturated heterocycles. The first-order valence-corrected chi connectivity index (χ1v) is 6.16. The summed E-state index contributed by atoms with van der Waals surface area (Å²) in [4.78, 5) is 0. The zero-order chi connectivity index (χ0) is 12.3. The van der Waals surface area contributed by atoms with Crippen LogP contribution < -0.4 is 5.32 Å². The molecule has 0 aliphatic heterocycles. The highest BCUT2D eigenvalue weighted by molar-refractivity contribution is 5.25. The summed E-state index contributed by atoms with van der Waals surface area (Å²) in [6.45, 7) is 14.1. The Bertz CT molecular complexity index is 333. The maximum Gasteiger partial charge on any atom is 0.105 e. The first-order valence-electron chi connectivity index (χ1n) is 6.16. The third kappa shape index (κ3) is 3.11. The second-order valence-electron chi connectivity index (χ2n) is 5.62. The highest BCUT2D eigenvalue weighted by Gasteiger charge is 2.28. The van der Waals surface area contributed by atoms with Gasteiger partial charge < -0.3 is 9.73 Å². The third-order valence-corrected chi connectivity index (χ3v) is 2.85. The van der Waals surface area contributed by atoms with Crippen molar-refractivity contribution in [1.82, 2.24) is 5.32 Å². The summed E-state index contributed by atoms with van der Waals surface area (Å²) in [6.07, 6.45) is 1.16. The van der Waals surface area contributed by atoms with Crippen LogP contribution in [0.3, 0.4) is 0 Å². The van der Waals surface area contributed by atoms with Crippen LogP contribution in [0.1, 0.15) is 57.2 Å². The molecular formula is C14H25NO. The van der Waals surface area contributed by atoms with Crippen LogP contribution in [-0.4, -0.2) is 6.54 Å². The quantitative estimate of drug-likeness (QED) is 0.835. The van der Waals surface area contributed by atoms with Crippen molar-refractivity contribution in [2.24, 2.45) is 5.41 Å². The van der Waals surface area contributed by atoms with E-state index in [4.69, 9.17) is 4.42 Å². The Balaban J connectivity index is 2.96. The van der Waals surface area contributed by atoms with Crippen molar-refractivity contribution in [2.75, 3.05) is 6.54 Å². The van der Waals surface area contributed by atoms with Gasteiger partial charge in [-0.15, -0.1) is 0 Å². The van der Waals surface area contributed by atoms with E-state index in [1.165, 1.54) is 5.56 Å². The van der Waals surface area contributed by atoms with Crippen LogP contribution in [0.25, 0.3) is 0 Å². The summed E-state index contributed by atoms with van der Waals surface area (Å²) in [7, 11) is 0. The molecule has 1 rings (SSSR count). The second-order valence-corrected chi connectivity index (χ2v) is 5.62. The highest BCUT2D eigenvalue weighted by atomic mass is 16.3. The van der Waals surface area contributed by atoms with E-state index in [0.717, 1.165) is 24.5 Å². The molecule has 2 heteroatoms. The molecule has 2 nitrogen and oxygen atoms in total. The number of furan rings is 1. The Hall–Kier alpha value is -0.760. The van der Waals surface area contributed by atoms with Gasteiger partial charge >= 0.3 is 0 Å². The van der Waals surface area contributed by atoms with E-state index in [1.807, 2.05) is 6.92 Å². The molecule has 92 valence electrons. The van der Waals surface area contributed by atoms with Crippen LogP contribution in [0.5, 0.6) is 0 Å². The van der Waals surface area contributed by atoms with E-state index < -0.39 is 0 Å². The molecule has 1 aromatic rings. The SMILES string of the molecule is CCCNC(c1cc(C)oc1C)C(C)(C)C. The summed E-state index contributed by atoms with van der Waals surface area (Å²) in [5.74, 6) is 2.04. The summed E-state index contributed by atoms with van der Waals surface area (Å²) in [6, 6.07) is 2.53. The molecule has 0 aliphatic rings. The molecule has 0 aromatic carbocycles.